The number of alkyl halides is 1. The first-order valence-corrected chi connectivity index (χ1v) is 10.4. The Balaban J connectivity index is 1.52. The molecule has 0 heterocycles. The predicted molar refractivity (Wildman–Crippen MR) is 100.0 cm³/mol. The summed E-state index contributed by atoms with van der Waals surface area (Å²) in [5, 5.41) is 0. The Hall–Kier alpha value is -0.0500. The van der Waals surface area contributed by atoms with Crippen molar-refractivity contribution in [2.24, 2.45) is 17.8 Å². The van der Waals surface area contributed by atoms with Crippen LogP contribution < -0.4 is 0 Å². The predicted octanol–water partition coefficient (Wildman–Crippen LogP) is 6.72. The Kier molecular flexibility index (Phi) is 5.64. The SMILES string of the molecule is CC1CCC(C2CCC(c3ccc(CI)cc3)CC2)CC1. The van der Waals surface area contributed by atoms with Crippen molar-refractivity contribution in [2.75, 3.05) is 0 Å². The molecule has 0 nitrogen and oxygen atoms in total. The van der Waals surface area contributed by atoms with Crippen molar-refractivity contribution in [3.05, 3.63) is 35.4 Å². The molecular formula is C20H29I. The molecule has 0 aliphatic heterocycles. The van der Waals surface area contributed by atoms with Gasteiger partial charge in [-0.15, -0.1) is 0 Å². The van der Waals surface area contributed by atoms with Crippen LogP contribution in [-0.2, 0) is 4.43 Å². The van der Waals surface area contributed by atoms with Crippen LogP contribution in [0.1, 0.15) is 75.3 Å². The summed E-state index contributed by atoms with van der Waals surface area (Å²) >= 11 is 2.45. The molecule has 2 saturated carbocycles. The van der Waals surface area contributed by atoms with Crippen molar-refractivity contribution in [3.8, 4) is 0 Å². The van der Waals surface area contributed by atoms with Gasteiger partial charge in [0.05, 0.1) is 0 Å². The molecule has 0 amide bonds. The molecule has 0 saturated heterocycles. The third-order valence-corrected chi connectivity index (χ3v) is 6.99. The summed E-state index contributed by atoms with van der Waals surface area (Å²) < 4.78 is 1.13. The summed E-state index contributed by atoms with van der Waals surface area (Å²) in [4.78, 5) is 0. The van der Waals surface area contributed by atoms with Gasteiger partial charge in [0.2, 0.25) is 0 Å². The van der Waals surface area contributed by atoms with Gasteiger partial charge < -0.3 is 0 Å². The zero-order valence-corrected chi connectivity index (χ0v) is 15.5. The lowest BCUT2D eigenvalue weighted by molar-refractivity contribution is 0.165. The summed E-state index contributed by atoms with van der Waals surface area (Å²) in [5.74, 6) is 3.94. The molecule has 0 spiro atoms. The van der Waals surface area contributed by atoms with Gasteiger partial charge in [-0.1, -0.05) is 66.6 Å². The fraction of sp³-hybridized carbons (Fsp3) is 0.700. The van der Waals surface area contributed by atoms with Gasteiger partial charge in [-0.3, -0.25) is 0 Å². The Morgan fingerprint density at radius 1 is 0.810 bits per heavy atom. The van der Waals surface area contributed by atoms with Gasteiger partial charge in [0.1, 0.15) is 0 Å². The van der Waals surface area contributed by atoms with E-state index < -0.39 is 0 Å². The van der Waals surface area contributed by atoms with Crippen molar-refractivity contribution < 1.29 is 0 Å². The molecule has 0 bridgehead atoms. The second-order valence-electron chi connectivity index (χ2n) is 7.51. The normalized spacial score (nSPS) is 33.8. The number of benzene rings is 1. The quantitative estimate of drug-likeness (QED) is 0.393. The highest BCUT2D eigenvalue weighted by Crippen LogP contribution is 2.43. The van der Waals surface area contributed by atoms with Crippen LogP contribution in [0, 0.1) is 17.8 Å². The van der Waals surface area contributed by atoms with Gasteiger partial charge in [0.15, 0.2) is 0 Å². The van der Waals surface area contributed by atoms with Crippen LogP contribution in [0.4, 0.5) is 0 Å². The fourth-order valence-electron chi connectivity index (χ4n) is 4.56. The van der Waals surface area contributed by atoms with E-state index in [-0.39, 0.29) is 0 Å². The second-order valence-corrected chi connectivity index (χ2v) is 8.27. The van der Waals surface area contributed by atoms with Gasteiger partial charge in [-0.25, -0.2) is 0 Å². The van der Waals surface area contributed by atoms with Gasteiger partial charge in [-0.2, -0.15) is 0 Å². The number of halogens is 1. The van der Waals surface area contributed by atoms with Crippen LogP contribution in [-0.4, -0.2) is 0 Å². The van der Waals surface area contributed by atoms with Crippen molar-refractivity contribution >= 4 is 22.6 Å². The molecule has 0 atom stereocenters. The molecule has 0 radical (unpaired) electrons. The molecule has 0 aromatic heterocycles. The standard InChI is InChI=1S/C20H29I/c1-15-2-6-17(7-3-15)19-10-12-20(13-11-19)18-8-4-16(14-21)5-9-18/h4-5,8-9,15,17,19-20H,2-3,6-7,10-14H2,1H3. The van der Waals surface area contributed by atoms with E-state index in [4.69, 9.17) is 0 Å². The van der Waals surface area contributed by atoms with Crippen LogP contribution in [0.25, 0.3) is 0 Å². The molecule has 3 rings (SSSR count). The zero-order chi connectivity index (χ0) is 14.7. The second kappa shape index (κ2) is 7.48. The summed E-state index contributed by atoms with van der Waals surface area (Å²) in [6.07, 6.45) is 11.8. The molecule has 2 aliphatic rings. The summed E-state index contributed by atoms with van der Waals surface area (Å²) in [6, 6.07) is 9.44. The minimum absolute atomic E-state index is 0.840. The molecule has 0 unspecified atom stereocenters. The number of hydrogen-bond acceptors (Lipinski definition) is 0. The Morgan fingerprint density at radius 3 is 1.86 bits per heavy atom. The molecule has 1 aromatic carbocycles. The summed E-state index contributed by atoms with van der Waals surface area (Å²) in [5.41, 5.74) is 3.06. The molecule has 2 aliphatic carbocycles. The number of hydrogen-bond donors (Lipinski definition) is 0. The minimum atomic E-state index is 0.840. The smallest absolute Gasteiger partial charge is 0.0247 e. The Morgan fingerprint density at radius 2 is 1.33 bits per heavy atom. The molecule has 116 valence electrons. The van der Waals surface area contributed by atoms with E-state index in [1.54, 1.807) is 5.56 Å². The maximum atomic E-state index is 2.45. The monoisotopic (exact) mass is 396 g/mol. The third kappa shape index (κ3) is 4.03. The highest BCUT2D eigenvalue weighted by Gasteiger charge is 2.30. The molecule has 2 fully saturated rings. The maximum Gasteiger partial charge on any atom is 0.0247 e. The van der Waals surface area contributed by atoms with Crippen LogP contribution in [0.2, 0.25) is 0 Å². The van der Waals surface area contributed by atoms with E-state index in [9.17, 15) is 0 Å². The first-order valence-electron chi connectivity index (χ1n) is 8.91. The van der Waals surface area contributed by atoms with Crippen LogP contribution in [0.3, 0.4) is 0 Å². The van der Waals surface area contributed by atoms with Gasteiger partial charge >= 0.3 is 0 Å². The molecule has 21 heavy (non-hydrogen) atoms. The summed E-state index contributed by atoms with van der Waals surface area (Å²) in [7, 11) is 0. The van der Waals surface area contributed by atoms with Gasteiger partial charge in [-0.05, 0) is 73.3 Å². The van der Waals surface area contributed by atoms with E-state index in [0.717, 1.165) is 28.1 Å². The van der Waals surface area contributed by atoms with E-state index in [1.165, 1.54) is 56.9 Å². The zero-order valence-electron chi connectivity index (χ0n) is 13.4. The van der Waals surface area contributed by atoms with E-state index in [2.05, 4.69) is 53.8 Å². The Bertz CT molecular complexity index is 420. The minimum Gasteiger partial charge on any atom is -0.0812 e. The average Bonchev–Trinajstić information content (AvgIpc) is 2.56. The first-order chi connectivity index (χ1) is 10.3. The topological polar surface area (TPSA) is 0 Å². The van der Waals surface area contributed by atoms with Crippen molar-refractivity contribution in [1.29, 1.82) is 0 Å². The highest BCUT2D eigenvalue weighted by molar-refractivity contribution is 14.1. The molecule has 1 aromatic rings. The van der Waals surface area contributed by atoms with Crippen molar-refractivity contribution in [1.82, 2.24) is 0 Å². The number of rotatable bonds is 3. The maximum absolute atomic E-state index is 2.45. The van der Waals surface area contributed by atoms with Gasteiger partial charge in [0.25, 0.3) is 0 Å². The lowest BCUT2D eigenvalue weighted by atomic mass is 9.68. The van der Waals surface area contributed by atoms with Crippen LogP contribution in [0.5, 0.6) is 0 Å². The van der Waals surface area contributed by atoms with Gasteiger partial charge in [0, 0.05) is 4.43 Å². The van der Waals surface area contributed by atoms with Crippen LogP contribution >= 0.6 is 22.6 Å². The average molecular weight is 396 g/mol. The molecule has 0 N–H and O–H groups in total. The van der Waals surface area contributed by atoms with Crippen LogP contribution in [0.15, 0.2) is 24.3 Å². The van der Waals surface area contributed by atoms with Crippen molar-refractivity contribution in [3.63, 3.8) is 0 Å². The molecular weight excluding hydrogens is 367 g/mol. The largest absolute Gasteiger partial charge is 0.0812 e. The van der Waals surface area contributed by atoms with E-state index in [1.807, 2.05) is 0 Å². The highest BCUT2D eigenvalue weighted by atomic mass is 127. The first kappa shape index (κ1) is 15.8. The molecule has 1 heteroatoms. The van der Waals surface area contributed by atoms with E-state index in [0.29, 0.717) is 0 Å². The van der Waals surface area contributed by atoms with Crippen molar-refractivity contribution in [2.45, 2.75) is 68.6 Å². The fourth-order valence-corrected chi connectivity index (χ4v) is 5.07. The van der Waals surface area contributed by atoms with E-state index >= 15 is 0 Å². The lowest BCUT2D eigenvalue weighted by Gasteiger charge is -2.37. The lowest BCUT2D eigenvalue weighted by Crippen LogP contribution is -2.24. The Labute approximate surface area is 144 Å². The summed E-state index contributed by atoms with van der Waals surface area (Å²) in [6.45, 7) is 2.44. The third-order valence-electron chi connectivity index (χ3n) is 6.10.